The van der Waals surface area contributed by atoms with Crippen LogP contribution in [0.25, 0.3) is 0 Å². The lowest BCUT2D eigenvalue weighted by Gasteiger charge is -2.19. The quantitative estimate of drug-likeness (QED) is 0.343. The lowest BCUT2D eigenvalue weighted by molar-refractivity contribution is -0.758. The highest BCUT2D eigenvalue weighted by molar-refractivity contribution is 5.91. The van der Waals surface area contributed by atoms with Crippen molar-refractivity contribution in [2.45, 2.75) is 0 Å². The summed E-state index contributed by atoms with van der Waals surface area (Å²) in [5.74, 6) is -0.784. The molecule has 0 aliphatic rings. The van der Waals surface area contributed by atoms with Gasteiger partial charge in [0.25, 0.3) is 5.69 Å². The molecule has 0 aliphatic heterocycles. The summed E-state index contributed by atoms with van der Waals surface area (Å²) in [6.07, 6.45) is 0. The van der Waals surface area contributed by atoms with Crippen LogP contribution in [0.2, 0.25) is 0 Å². The van der Waals surface area contributed by atoms with Gasteiger partial charge in [-0.25, -0.2) is 0 Å². The predicted octanol–water partition coefficient (Wildman–Crippen LogP) is 0.484. The van der Waals surface area contributed by atoms with Crippen LogP contribution in [0, 0.1) is 25.6 Å². The second-order valence-corrected chi connectivity index (χ2v) is 3.81. The Morgan fingerprint density at radius 2 is 1.95 bits per heavy atom. The number of guanidine groups is 1. The lowest BCUT2D eigenvalue weighted by atomic mass is 10.2. The molecule has 1 aromatic carbocycles. The molecule has 108 valence electrons. The molecule has 0 unspecified atom stereocenters. The highest BCUT2D eigenvalue weighted by atomic mass is 17.0. The zero-order valence-corrected chi connectivity index (χ0v) is 10.6. The fourth-order valence-electron chi connectivity index (χ4n) is 1.46. The zero-order valence-electron chi connectivity index (χ0n) is 10.6. The molecule has 11 nitrogen and oxygen atoms in total. The van der Waals surface area contributed by atoms with Gasteiger partial charge >= 0.3 is 5.09 Å². The number of hydrogen-bond acceptors (Lipinski definition) is 7. The van der Waals surface area contributed by atoms with Crippen molar-refractivity contribution in [2.75, 3.05) is 24.1 Å². The minimum Gasteiger partial charge on any atom is -0.372 e. The number of hydrogen-bond donors (Lipinski definition) is 2. The Morgan fingerprint density at radius 1 is 1.35 bits per heavy atom. The standard InChI is InChI=1S/C9H12N6O5/c1-12(2)7-4-3-6(5-8(7)14(16)17)13(9(10)11)20-15(18)19/h3-5H,1-2H3,(H3,10,11). The number of nitrogens with one attached hydrogen (secondary N) is 1. The summed E-state index contributed by atoms with van der Waals surface area (Å²) in [7, 11) is 3.22. The normalized spacial score (nSPS) is 9.70. The molecular formula is C9H12N6O5. The van der Waals surface area contributed by atoms with Crippen LogP contribution in [0.5, 0.6) is 0 Å². The average molecular weight is 284 g/mol. The molecule has 1 rings (SSSR count). The van der Waals surface area contributed by atoms with Crippen molar-refractivity contribution in [3.63, 3.8) is 0 Å². The summed E-state index contributed by atoms with van der Waals surface area (Å²) in [4.78, 5) is 26.3. The molecule has 0 radical (unpaired) electrons. The molecule has 0 atom stereocenters. The predicted molar refractivity (Wildman–Crippen MR) is 69.9 cm³/mol. The van der Waals surface area contributed by atoms with Crippen molar-refractivity contribution >= 4 is 23.0 Å². The first kappa shape index (κ1) is 14.9. The van der Waals surface area contributed by atoms with E-state index in [1.165, 1.54) is 17.0 Å². The summed E-state index contributed by atoms with van der Waals surface area (Å²) in [6.45, 7) is 0. The minimum atomic E-state index is -1.17. The fourth-order valence-corrected chi connectivity index (χ4v) is 1.46. The van der Waals surface area contributed by atoms with Crippen molar-refractivity contribution in [1.82, 2.24) is 0 Å². The third kappa shape index (κ3) is 3.22. The van der Waals surface area contributed by atoms with E-state index in [-0.39, 0.29) is 11.4 Å². The zero-order chi connectivity index (χ0) is 15.4. The SMILES string of the molecule is CN(C)c1ccc(N(O[N+](=O)[O-])C(=N)N)cc1[N+](=O)[O-]. The smallest absolute Gasteiger partial charge is 0.317 e. The number of hydroxylamine groups is 1. The molecule has 0 saturated heterocycles. The number of benzene rings is 1. The van der Waals surface area contributed by atoms with E-state index in [1.807, 2.05) is 0 Å². The molecule has 0 aliphatic carbocycles. The van der Waals surface area contributed by atoms with Crippen LogP contribution < -0.4 is 15.7 Å². The lowest BCUT2D eigenvalue weighted by Crippen LogP contribution is -2.38. The maximum atomic E-state index is 11.0. The van der Waals surface area contributed by atoms with Crippen LogP contribution in [0.15, 0.2) is 18.2 Å². The van der Waals surface area contributed by atoms with Gasteiger partial charge in [-0.15, -0.1) is 15.2 Å². The monoisotopic (exact) mass is 284 g/mol. The van der Waals surface area contributed by atoms with E-state index in [1.54, 1.807) is 14.1 Å². The Bertz CT molecular complexity index is 560. The van der Waals surface area contributed by atoms with Crippen LogP contribution in [0.4, 0.5) is 17.1 Å². The highest BCUT2D eigenvalue weighted by Crippen LogP contribution is 2.31. The second kappa shape index (κ2) is 5.69. The maximum Gasteiger partial charge on any atom is 0.317 e. The third-order valence-corrected chi connectivity index (χ3v) is 2.24. The first-order valence-electron chi connectivity index (χ1n) is 5.16. The van der Waals surface area contributed by atoms with Crippen LogP contribution >= 0.6 is 0 Å². The summed E-state index contributed by atoms with van der Waals surface area (Å²) in [5, 5.41) is 27.7. The molecular weight excluding hydrogens is 272 g/mol. The summed E-state index contributed by atoms with van der Waals surface area (Å²) in [5.41, 5.74) is 5.03. The summed E-state index contributed by atoms with van der Waals surface area (Å²) in [6, 6.07) is 3.71. The van der Waals surface area contributed by atoms with Crippen molar-refractivity contribution < 1.29 is 14.9 Å². The molecule has 20 heavy (non-hydrogen) atoms. The molecule has 0 bridgehead atoms. The van der Waals surface area contributed by atoms with Gasteiger partial charge in [0.15, 0.2) is 0 Å². The minimum absolute atomic E-state index is 0.105. The molecule has 0 amide bonds. The van der Waals surface area contributed by atoms with Gasteiger partial charge in [-0.1, -0.05) is 0 Å². The molecule has 0 fully saturated rings. The van der Waals surface area contributed by atoms with Gasteiger partial charge in [0.1, 0.15) is 5.69 Å². The number of nitrogens with zero attached hydrogens (tertiary/aromatic N) is 4. The maximum absolute atomic E-state index is 11.0. The van der Waals surface area contributed by atoms with Crippen LogP contribution in [-0.2, 0) is 4.94 Å². The second-order valence-electron chi connectivity index (χ2n) is 3.81. The summed E-state index contributed by atoms with van der Waals surface area (Å²) >= 11 is 0. The van der Waals surface area contributed by atoms with Gasteiger partial charge in [0.2, 0.25) is 5.96 Å². The van der Waals surface area contributed by atoms with Gasteiger partial charge < -0.3 is 10.6 Å². The number of anilines is 2. The van der Waals surface area contributed by atoms with E-state index < -0.39 is 16.0 Å². The van der Waals surface area contributed by atoms with Crippen molar-refractivity contribution in [3.05, 3.63) is 38.4 Å². The first-order chi connectivity index (χ1) is 9.23. The highest BCUT2D eigenvalue weighted by Gasteiger charge is 2.21. The molecule has 0 aromatic heterocycles. The molecule has 11 heteroatoms. The molecule has 0 spiro atoms. The van der Waals surface area contributed by atoms with Crippen molar-refractivity contribution in [1.29, 1.82) is 5.41 Å². The molecule has 3 N–H and O–H groups in total. The van der Waals surface area contributed by atoms with E-state index in [4.69, 9.17) is 11.1 Å². The van der Waals surface area contributed by atoms with E-state index in [0.29, 0.717) is 10.8 Å². The van der Waals surface area contributed by atoms with Crippen molar-refractivity contribution in [2.24, 2.45) is 5.73 Å². The molecule has 0 heterocycles. The summed E-state index contributed by atoms with van der Waals surface area (Å²) < 4.78 is 0. The van der Waals surface area contributed by atoms with Gasteiger partial charge in [-0.05, 0) is 12.1 Å². The van der Waals surface area contributed by atoms with Crippen LogP contribution in [0.1, 0.15) is 0 Å². The first-order valence-corrected chi connectivity index (χ1v) is 5.16. The van der Waals surface area contributed by atoms with E-state index in [0.717, 1.165) is 6.07 Å². The van der Waals surface area contributed by atoms with Gasteiger partial charge in [0.05, 0.1) is 10.6 Å². The van der Waals surface area contributed by atoms with E-state index >= 15 is 0 Å². The van der Waals surface area contributed by atoms with Crippen molar-refractivity contribution in [3.8, 4) is 0 Å². The number of nitrogens with two attached hydrogens (primary N) is 1. The van der Waals surface area contributed by atoms with Gasteiger partial charge in [-0.3, -0.25) is 15.5 Å². The topological polar surface area (TPSA) is 152 Å². The Hall–Kier alpha value is -3.11. The van der Waals surface area contributed by atoms with E-state index in [2.05, 4.69) is 4.94 Å². The number of nitro benzene ring substituents is 1. The van der Waals surface area contributed by atoms with Gasteiger partial charge in [0, 0.05) is 20.2 Å². The number of nitro groups is 1. The third-order valence-electron chi connectivity index (χ3n) is 2.24. The largest absolute Gasteiger partial charge is 0.372 e. The fraction of sp³-hybridized carbons (Fsp3) is 0.222. The number of rotatable bonds is 5. The van der Waals surface area contributed by atoms with Crippen LogP contribution in [0.3, 0.4) is 0 Å². The van der Waals surface area contributed by atoms with Crippen LogP contribution in [-0.4, -0.2) is 30.1 Å². The average Bonchev–Trinajstić information content (AvgIpc) is 2.34. The Balaban J connectivity index is 3.31. The Morgan fingerprint density at radius 3 is 2.35 bits per heavy atom. The van der Waals surface area contributed by atoms with E-state index in [9.17, 15) is 20.2 Å². The Kier molecular flexibility index (Phi) is 4.25. The Labute approximate surface area is 112 Å². The molecule has 0 saturated carbocycles. The molecule has 1 aromatic rings. The van der Waals surface area contributed by atoms with Gasteiger partial charge in [-0.2, -0.15) is 4.94 Å².